The molecule has 0 saturated carbocycles. The van der Waals surface area contributed by atoms with Crippen LogP contribution in [0, 0.1) is 13.8 Å². The number of rotatable bonds is 25. The van der Waals surface area contributed by atoms with Gasteiger partial charge in [-0.15, -0.1) is 0 Å². The van der Waals surface area contributed by atoms with Crippen molar-refractivity contribution < 1.29 is 59.6 Å². The largest absolute Gasteiger partial charge is 0.494 e. The van der Waals surface area contributed by atoms with E-state index >= 15 is 0 Å². The van der Waals surface area contributed by atoms with Crippen LogP contribution in [0.1, 0.15) is 90.7 Å². The summed E-state index contributed by atoms with van der Waals surface area (Å²) < 4.78 is 81.2. The normalized spacial score (nSPS) is 14.4. The Bertz CT molecular complexity index is 3390. The molecule has 5 N–H and O–H groups in total. The maximum Gasteiger partial charge on any atom is 0.410 e. The van der Waals surface area contributed by atoms with E-state index in [0.717, 1.165) is 34.3 Å². The van der Waals surface area contributed by atoms with Gasteiger partial charge in [-0.1, -0.05) is 97.1 Å². The molecule has 3 amide bonds. The highest BCUT2D eigenvalue weighted by Crippen LogP contribution is 2.43. The van der Waals surface area contributed by atoms with E-state index in [-0.39, 0.29) is 66.7 Å². The van der Waals surface area contributed by atoms with Crippen LogP contribution in [-0.2, 0) is 56.1 Å². The number of methoxy groups -OCH3 is 1. The molecule has 5 aromatic carbocycles. The van der Waals surface area contributed by atoms with E-state index in [4.69, 9.17) is 19.2 Å². The number of amides is 3. The fraction of sp³-hybridized carbons (Fsp3) is 0.367. The molecule has 0 radical (unpaired) electrons. The number of aromatic nitrogens is 2. The van der Waals surface area contributed by atoms with E-state index in [0.29, 0.717) is 29.5 Å². The minimum atomic E-state index is -4.45. The third-order valence-electron chi connectivity index (χ3n) is 14.0. The molecule has 1 aromatic heterocycles. The first-order valence-electron chi connectivity index (χ1n) is 27.0. The molecule has 0 saturated heterocycles. The first-order valence-corrected chi connectivity index (χ1v) is 30.1. The number of Topliss-reactive ketones (excluding diaryl/α,β-unsaturated/α-hetero) is 1. The summed E-state index contributed by atoms with van der Waals surface area (Å²) in [6.45, 7) is 9.20. The van der Waals surface area contributed by atoms with E-state index in [1.54, 1.807) is 58.8 Å². The third-order valence-corrected chi connectivity index (χ3v) is 16.7. The number of nitrogens with one attached hydrogen (secondary N) is 4. The fourth-order valence-electron chi connectivity index (χ4n) is 10.2. The maximum absolute atomic E-state index is 14.0. The second kappa shape index (κ2) is 26.9. The number of sulfonamides is 1. The molecule has 442 valence electrons. The van der Waals surface area contributed by atoms with Crippen molar-refractivity contribution in [2.75, 3.05) is 56.4 Å². The van der Waals surface area contributed by atoms with E-state index in [2.05, 4.69) is 61.6 Å². The SMILES string of the molecule is COC(=O)[C@H](CNC(=O)C1CC(=O)c2ccc(CNc3nccn3C(c3ccccc3)(c3ccccc3)c3ccccc3)cc2N1C)NS(=O)(=O)c1c(C)cc(OCCCC(=O)NCCN(C(=O)OC(C)(C)C)[C@H](C)CS(=O)(=O)O)cc1C. The summed E-state index contributed by atoms with van der Waals surface area (Å²) in [7, 11) is -6.08. The van der Waals surface area contributed by atoms with Gasteiger partial charge in [-0.25, -0.2) is 18.2 Å². The van der Waals surface area contributed by atoms with Crippen LogP contribution < -0.4 is 30.3 Å². The number of benzene rings is 5. The average Bonchev–Trinajstić information content (AvgIpc) is 2.22. The zero-order chi connectivity index (χ0) is 60.3. The van der Waals surface area contributed by atoms with Crippen molar-refractivity contribution in [3.05, 3.63) is 173 Å². The molecule has 1 aliphatic rings. The third kappa shape index (κ3) is 15.5. The molecule has 83 heavy (non-hydrogen) atoms. The van der Waals surface area contributed by atoms with Crippen molar-refractivity contribution in [1.82, 2.24) is 29.8 Å². The molecule has 2 heterocycles. The summed E-state index contributed by atoms with van der Waals surface area (Å²) in [5.41, 5.74) is 3.64. The van der Waals surface area contributed by atoms with Crippen molar-refractivity contribution in [2.24, 2.45) is 0 Å². The number of likely N-dealkylation sites (N-methyl/N-ethyl adjacent to an activating group) is 1. The Morgan fingerprint density at radius 1 is 0.843 bits per heavy atom. The van der Waals surface area contributed by atoms with Gasteiger partial charge >= 0.3 is 12.1 Å². The van der Waals surface area contributed by atoms with Gasteiger partial charge in [-0.3, -0.25) is 28.3 Å². The Kier molecular flexibility index (Phi) is 20.2. The van der Waals surface area contributed by atoms with Crippen LogP contribution in [-0.4, -0.2) is 135 Å². The van der Waals surface area contributed by atoms with Crippen LogP contribution in [0.3, 0.4) is 0 Å². The minimum absolute atomic E-state index is 0.0171. The van der Waals surface area contributed by atoms with Crippen molar-refractivity contribution in [3.8, 4) is 5.75 Å². The molecule has 7 rings (SSSR count). The van der Waals surface area contributed by atoms with Gasteiger partial charge in [0.05, 0.1) is 24.4 Å². The van der Waals surface area contributed by atoms with Gasteiger partial charge in [0.25, 0.3) is 10.1 Å². The molecule has 23 heteroatoms. The number of aryl methyl sites for hydroxylation is 2. The number of ketones is 1. The van der Waals surface area contributed by atoms with E-state index in [1.165, 1.54) is 19.1 Å². The lowest BCUT2D eigenvalue weighted by Gasteiger charge is -2.38. The predicted molar refractivity (Wildman–Crippen MR) is 313 cm³/mol. The second-order valence-electron chi connectivity index (χ2n) is 21.3. The molecule has 0 bridgehead atoms. The molecule has 21 nitrogen and oxygen atoms in total. The summed E-state index contributed by atoms with van der Waals surface area (Å²) in [4.78, 5) is 73.8. The quantitative estimate of drug-likeness (QED) is 0.0171. The van der Waals surface area contributed by atoms with Crippen molar-refractivity contribution in [3.63, 3.8) is 0 Å². The lowest BCUT2D eigenvalue weighted by molar-refractivity contribution is -0.142. The van der Waals surface area contributed by atoms with Gasteiger partial charge in [0.1, 0.15) is 29.0 Å². The Morgan fingerprint density at radius 2 is 1.43 bits per heavy atom. The van der Waals surface area contributed by atoms with Gasteiger partial charge in [0, 0.05) is 75.8 Å². The van der Waals surface area contributed by atoms with Crippen LogP contribution in [0.2, 0.25) is 0 Å². The topological polar surface area (TPSA) is 274 Å². The zero-order valence-electron chi connectivity index (χ0n) is 47.7. The second-order valence-corrected chi connectivity index (χ2v) is 24.4. The molecular formula is C60H72N8O13S2. The van der Waals surface area contributed by atoms with Crippen molar-refractivity contribution in [2.45, 2.75) is 102 Å². The summed E-state index contributed by atoms with van der Waals surface area (Å²) in [6, 6.07) is 35.5. The van der Waals surface area contributed by atoms with Crippen LogP contribution in [0.5, 0.6) is 5.75 Å². The molecule has 3 atom stereocenters. The summed E-state index contributed by atoms with van der Waals surface area (Å²) in [6.07, 6.45) is 2.97. The Labute approximate surface area is 484 Å². The smallest absolute Gasteiger partial charge is 0.410 e. The maximum atomic E-state index is 14.0. The fourth-order valence-corrected chi connectivity index (χ4v) is 12.7. The van der Waals surface area contributed by atoms with Gasteiger partial charge in [-0.05, 0) is 106 Å². The van der Waals surface area contributed by atoms with Crippen LogP contribution in [0.4, 0.5) is 16.4 Å². The summed E-state index contributed by atoms with van der Waals surface area (Å²) in [5, 5.41) is 8.89. The number of anilines is 2. The number of hydrogen-bond donors (Lipinski definition) is 5. The van der Waals surface area contributed by atoms with E-state index in [9.17, 15) is 45.4 Å². The molecular weight excluding hydrogens is 1100 g/mol. The number of nitrogens with zero attached hydrogens (tertiary/aromatic N) is 4. The highest BCUT2D eigenvalue weighted by atomic mass is 32.2. The van der Waals surface area contributed by atoms with Gasteiger partial charge in [0.15, 0.2) is 5.78 Å². The Hall–Kier alpha value is -8.12. The number of imidazole rings is 1. The number of hydrogen-bond acceptors (Lipinski definition) is 15. The summed E-state index contributed by atoms with van der Waals surface area (Å²) in [5.74, 6) is -2.07. The molecule has 0 aliphatic carbocycles. The molecule has 0 fully saturated rings. The monoisotopic (exact) mass is 1180 g/mol. The number of ether oxygens (including phenoxy) is 3. The van der Waals surface area contributed by atoms with Crippen molar-refractivity contribution in [1.29, 1.82) is 0 Å². The molecule has 0 spiro atoms. The molecule has 1 aliphatic heterocycles. The van der Waals surface area contributed by atoms with E-state index in [1.807, 2.05) is 72.9 Å². The highest BCUT2D eigenvalue weighted by Gasteiger charge is 2.41. The number of carbonyl (C=O) groups excluding carboxylic acids is 5. The Morgan fingerprint density at radius 3 is 1.99 bits per heavy atom. The number of carbonyl (C=O) groups is 5. The lowest BCUT2D eigenvalue weighted by Crippen LogP contribution is -2.54. The average molecular weight is 1180 g/mol. The molecule has 6 aromatic rings. The number of esters is 1. The first-order chi connectivity index (χ1) is 39.3. The van der Waals surface area contributed by atoms with Gasteiger partial charge in [-0.2, -0.15) is 13.1 Å². The van der Waals surface area contributed by atoms with Crippen LogP contribution in [0.15, 0.2) is 139 Å². The lowest BCUT2D eigenvalue weighted by atomic mass is 9.76. The predicted octanol–water partition coefficient (Wildman–Crippen LogP) is 6.77. The van der Waals surface area contributed by atoms with Gasteiger partial charge < -0.3 is 40.0 Å². The number of fused-ring (bicyclic) bond motifs is 1. The van der Waals surface area contributed by atoms with Crippen molar-refractivity contribution >= 4 is 61.4 Å². The zero-order valence-corrected chi connectivity index (χ0v) is 49.4. The van der Waals surface area contributed by atoms with Crippen LogP contribution in [0.25, 0.3) is 0 Å². The standard InChI is InChI=1S/C60H72N8O13S2/c1-40-33-47(80-32-18-25-53(70)61-28-30-67(42(3)39-82(74,75)76)58(73)81-59(4,5)6)34-41(2)54(40)83(77,78)65-49(56(72)79-8)38-63-55(71)51-36-52(69)48-27-26-43(35-50(48)66(51)7)37-64-57-62-29-31-68(57)60(44-19-12-9-13-20-44,45-21-14-10-15-22-45)46-23-16-11-17-24-46/h9-17,19-24,26-27,29,31,33-35,42,49,51,65H,18,25,28,30,32,36-39H2,1-8H3,(H,61,70)(H,62,64)(H,63,71)(H,74,75,76)/t42-,49+,51?/m1/s1. The minimum Gasteiger partial charge on any atom is -0.494 e. The van der Waals surface area contributed by atoms with Gasteiger partial charge in [0.2, 0.25) is 27.8 Å². The highest BCUT2D eigenvalue weighted by molar-refractivity contribution is 7.89. The molecule has 1 unspecified atom stereocenters. The van der Waals surface area contributed by atoms with E-state index < -0.39 is 79.7 Å². The summed E-state index contributed by atoms with van der Waals surface area (Å²) >= 11 is 0. The van der Waals surface area contributed by atoms with Crippen LogP contribution >= 0.6 is 0 Å². The first kappa shape index (κ1) is 62.5. The Balaban J connectivity index is 0.960.